The molecule has 6 nitrogen and oxygen atoms in total. The van der Waals surface area contributed by atoms with Crippen LogP contribution in [0.15, 0.2) is 60.0 Å². The number of ether oxygens (including phenoxy) is 1. The molecule has 1 saturated heterocycles. The lowest BCUT2D eigenvalue weighted by Crippen LogP contribution is -2.37. The second kappa shape index (κ2) is 11.0. The maximum atomic E-state index is 13.6. The molecule has 1 aromatic heterocycles. The summed E-state index contributed by atoms with van der Waals surface area (Å²) in [6, 6.07) is 16.5. The Bertz CT molecular complexity index is 1140. The molecule has 0 spiro atoms. The molecule has 0 saturated carbocycles. The molecular weight excluding hydrogens is 470 g/mol. The molecule has 1 N–H and O–H groups in total. The number of carbonyl (C=O) groups excluding carboxylic acids is 2. The van der Waals surface area contributed by atoms with Gasteiger partial charge in [0.05, 0.1) is 21.6 Å². The summed E-state index contributed by atoms with van der Waals surface area (Å²) >= 11 is 7.76. The molecule has 2 aromatic carbocycles. The number of anilines is 2. The van der Waals surface area contributed by atoms with Crippen molar-refractivity contribution in [3.63, 3.8) is 0 Å². The van der Waals surface area contributed by atoms with Gasteiger partial charge in [-0.2, -0.15) is 0 Å². The van der Waals surface area contributed by atoms with E-state index in [9.17, 15) is 9.59 Å². The molecule has 8 heteroatoms. The molecule has 1 fully saturated rings. The van der Waals surface area contributed by atoms with E-state index in [1.54, 1.807) is 23.1 Å². The van der Waals surface area contributed by atoms with Crippen LogP contribution in [0.1, 0.15) is 38.4 Å². The van der Waals surface area contributed by atoms with Crippen LogP contribution in [0.25, 0.3) is 0 Å². The maximum Gasteiger partial charge on any atom is 0.265 e. The van der Waals surface area contributed by atoms with Crippen molar-refractivity contribution in [2.75, 3.05) is 37.5 Å². The zero-order valence-electron chi connectivity index (χ0n) is 19.3. The Balaban J connectivity index is 1.63. The summed E-state index contributed by atoms with van der Waals surface area (Å²) in [5, 5.41) is 5.27. The SMILES string of the molecule is CN(C)c1ccc(NC(=O)c2cccs2)cc1CN(CC1CCCO1)C(=O)c1ccccc1Cl. The Morgan fingerprint density at radius 1 is 1.15 bits per heavy atom. The summed E-state index contributed by atoms with van der Waals surface area (Å²) in [5.41, 5.74) is 3.04. The molecule has 1 aliphatic rings. The fraction of sp³-hybridized carbons (Fsp3) is 0.308. The van der Waals surface area contributed by atoms with E-state index in [2.05, 4.69) is 5.32 Å². The predicted molar refractivity (Wildman–Crippen MR) is 138 cm³/mol. The number of benzene rings is 2. The number of amides is 2. The van der Waals surface area contributed by atoms with Crippen molar-refractivity contribution in [1.82, 2.24) is 4.90 Å². The maximum absolute atomic E-state index is 13.6. The minimum absolute atomic E-state index is 0.00374. The fourth-order valence-corrected chi connectivity index (χ4v) is 4.93. The minimum Gasteiger partial charge on any atom is -0.377 e. The van der Waals surface area contributed by atoms with Gasteiger partial charge in [-0.3, -0.25) is 9.59 Å². The fourth-order valence-electron chi connectivity index (χ4n) is 4.09. The van der Waals surface area contributed by atoms with Gasteiger partial charge in [0, 0.05) is 45.2 Å². The highest BCUT2D eigenvalue weighted by atomic mass is 35.5. The van der Waals surface area contributed by atoms with Gasteiger partial charge in [-0.05, 0) is 60.2 Å². The number of halogens is 1. The van der Waals surface area contributed by atoms with Crippen molar-refractivity contribution < 1.29 is 14.3 Å². The average molecular weight is 498 g/mol. The van der Waals surface area contributed by atoms with Crippen molar-refractivity contribution in [2.24, 2.45) is 0 Å². The molecule has 1 unspecified atom stereocenters. The normalized spacial score (nSPS) is 15.2. The van der Waals surface area contributed by atoms with E-state index in [0.717, 1.165) is 24.1 Å². The van der Waals surface area contributed by atoms with Crippen molar-refractivity contribution >= 4 is 46.1 Å². The van der Waals surface area contributed by atoms with E-state index in [1.807, 2.05) is 60.8 Å². The van der Waals surface area contributed by atoms with E-state index in [0.29, 0.717) is 40.8 Å². The number of thiophene rings is 1. The Morgan fingerprint density at radius 3 is 2.65 bits per heavy atom. The van der Waals surface area contributed by atoms with Gasteiger partial charge in [-0.25, -0.2) is 0 Å². The summed E-state index contributed by atoms with van der Waals surface area (Å²) in [6.45, 7) is 1.55. The van der Waals surface area contributed by atoms with Gasteiger partial charge < -0.3 is 19.9 Å². The van der Waals surface area contributed by atoms with E-state index < -0.39 is 0 Å². The molecule has 178 valence electrons. The largest absolute Gasteiger partial charge is 0.377 e. The summed E-state index contributed by atoms with van der Waals surface area (Å²) in [4.78, 5) is 30.6. The van der Waals surface area contributed by atoms with E-state index in [-0.39, 0.29) is 17.9 Å². The number of hydrogen-bond acceptors (Lipinski definition) is 5. The molecule has 3 aromatic rings. The monoisotopic (exact) mass is 497 g/mol. The first-order valence-corrected chi connectivity index (χ1v) is 12.5. The Hall–Kier alpha value is -2.87. The second-order valence-corrected chi connectivity index (χ2v) is 9.82. The molecule has 1 atom stereocenters. The summed E-state index contributed by atoms with van der Waals surface area (Å²) < 4.78 is 5.84. The highest BCUT2D eigenvalue weighted by Gasteiger charge is 2.26. The molecule has 4 rings (SSSR count). The van der Waals surface area contributed by atoms with Crippen molar-refractivity contribution in [2.45, 2.75) is 25.5 Å². The zero-order valence-corrected chi connectivity index (χ0v) is 20.9. The quantitative estimate of drug-likeness (QED) is 0.443. The van der Waals surface area contributed by atoms with Crippen LogP contribution in [-0.2, 0) is 11.3 Å². The summed E-state index contributed by atoms with van der Waals surface area (Å²) in [7, 11) is 3.92. The first-order chi connectivity index (χ1) is 16.4. The number of carbonyl (C=O) groups is 2. The van der Waals surface area contributed by atoms with Crippen LogP contribution in [0.4, 0.5) is 11.4 Å². The van der Waals surface area contributed by atoms with Crippen LogP contribution in [0.2, 0.25) is 5.02 Å². The van der Waals surface area contributed by atoms with Crippen LogP contribution < -0.4 is 10.2 Å². The highest BCUT2D eigenvalue weighted by molar-refractivity contribution is 7.12. The van der Waals surface area contributed by atoms with Gasteiger partial charge in [0.15, 0.2) is 0 Å². The topological polar surface area (TPSA) is 61.9 Å². The van der Waals surface area contributed by atoms with Gasteiger partial charge >= 0.3 is 0 Å². The van der Waals surface area contributed by atoms with Crippen molar-refractivity contribution in [3.05, 3.63) is 81.0 Å². The van der Waals surface area contributed by atoms with Crippen molar-refractivity contribution in [1.29, 1.82) is 0 Å². The number of nitrogens with one attached hydrogen (secondary N) is 1. The van der Waals surface area contributed by atoms with E-state index >= 15 is 0 Å². The lowest BCUT2D eigenvalue weighted by Gasteiger charge is -2.28. The predicted octanol–water partition coefficient (Wildman–Crippen LogP) is 5.54. The van der Waals surface area contributed by atoms with Gasteiger partial charge in [-0.1, -0.05) is 29.8 Å². The van der Waals surface area contributed by atoms with Crippen LogP contribution in [0.3, 0.4) is 0 Å². The third-order valence-corrected chi connectivity index (χ3v) is 6.96. The molecule has 2 heterocycles. The average Bonchev–Trinajstić information content (AvgIpc) is 3.53. The summed E-state index contributed by atoms with van der Waals surface area (Å²) in [6.07, 6.45) is 1.91. The van der Waals surface area contributed by atoms with Crippen molar-refractivity contribution in [3.8, 4) is 0 Å². The van der Waals surface area contributed by atoms with Gasteiger partial charge in [-0.15, -0.1) is 11.3 Å². The smallest absolute Gasteiger partial charge is 0.265 e. The molecule has 1 aliphatic heterocycles. The van der Waals surface area contributed by atoms with Gasteiger partial charge in [0.1, 0.15) is 0 Å². The van der Waals surface area contributed by atoms with Crippen LogP contribution in [0.5, 0.6) is 0 Å². The molecular formula is C26H28ClN3O3S. The van der Waals surface area contributed by atoms with Crippen LogP contribution >= 0.6 is 22.9 Å². The molecule has 34 heavy (non-hydrogen) atoms. The first kappa shape index (κ1) is 24.3. The summed E-state index contributed by atoms with van der Waals surface area (Å²) in [5.74, 6) is -0.291. The third-order valence-electron chi connectivity index (χ3n) is 5.76. The van der Waals surface area contributed by atoms with Gasteiger partial charge in [0.25, 0.3) is 11.8 Å². The molecule has 0 bridgehead atoms. The molecule has 0 aliphatic carbocycles. The number of hydrogen-bond donors (Lipinski definition) is 1. The lowest BCUT2D eigenvalue weighted by atomic mass is 10.1. The van der Waals surface area contributed by atoms with E-state index in [1.165, 1.54) is 11.3 Å². The standard InChI is InChI=1S/C26H28ClN3O3S/c1-29(2)23-12-11-19(28-25(31)24-10-6-14-34-24)15-18(23)16-30(17-20-7-5-13-33-20)26(32)21-8-3-4-9-22(21)27/h3-4,6,8-12,14-15,20H,5,7,13,16-17H2,1-2H3,(H,28,31). The Morgan fingerprint density at radius 2 is 1.97 bits per heavy atom. The Kier molecular flexibility index (Phi) is 7.88. The Labute approximate surface area is 209 Å². The first-order valence-electron chi connectivity index (χ1n) is 11.2. The lowest BCUT2D eigenvalue weighted by molar-refractivity contribution is 0.0507. The molecule has 0 radical (unpaired) electrons. The second-order valence-electron chi connectivity index (χ2n) is 8.47. The third kappa shape index (κ3) is 5.78. The highest BCUT2D eigenvalue weighted by Crippen LogP contribution is 2.28. The molecule has 2 amide bonds. The van der Waals surface area contributed by atoms with Crippen LogP contribution in [0, 0.1) is 0 Å². The number of rotatable bonds is 8. The van der Waals surface area contributed by atoms with Gasteiger partial charge in [0.2, 0.25) is 0 Å². The minimum atomic E-state index is -0.151. The van der Waals surface area contributed by atoms with Crippen LogP contribution in [-0.4, -0.2) is 50.1 Å². The van der Waals surface area contributed by atoms with E-state index in [4.69, 9.17) is 16.3 Å². The number of nitrogens with zero attached hydrogens (tertiary/aromatic N) is 2. The zero-order chi connectivity index (χ0) is 24.1.